The second-order valence-corrected chi connectivity index (χ2v) is 4.46. The van der Waals surface area contributed by atoms with Crippen LogP contribution in [0.1, 0.15) is 43.8 Å². The van der Waals surface area contributed by atoms with Crippen molar-refractivity contribution in [3.8, 4) is 5.88 Å². The van der Waals surface area contributed by atoms with Gasteiger partial charge in [0.25, 0.3) is 0 Å². The molecule has 98 valence electrons. The second kappa shape index (κ2) is 6.47. The first-order valence-corrected chi connectivity index (χ1v) is 6.36. The summed E-state index contributed by atoms with van der Waals surface area (Å²) in [6, 6.07) is 1.79. The Morgan fingerprint density at radius 3 is 3.00 bits per heavy atom. The van der Waals surface area contributed by atoms with Crippen LogP contribution in [0.2, 0.25) is 0 Å². The minimum atomic E-state index is -0.0417. The van der Waals surface area contributed by atoms with E-state index in [9.17, 15) is 0 Å². The van der Waals surface area contributed by atoms with Gasteiger partial charge in [0.15, 0.2) is 0 Å². The Labute approximate surface area is 107 Å². The molecule has 1 heterocycles. The monoisotopic (exact) mass is 248 g/mol. The largest absolute Gasteiger partial charge is 0.481 e. The molecule has 0 amide bonds. The van der Waals surface area contributed by atoms with Gasteiger partial charge in [-0.05, 0) is 25.7 Å². The van der Waals surface area contributed by atoms with Gasteiger partial charge in [-0.2, -0.15) is 0 Å². The van der Waals surface area contributed by atoms with E-state index >= 15 is 0 Å². The molecule has 1 aliphatic rings. The Bertz CT molecular complexity index is 419. The number of ether oxygens (including phenoxy) is 1. The number of allylic oxidation sites excluding steroid dienone is 1. The quantitative estimate of drug-likeness (QED) is 0.483. The SMILES string of the molecule is COc1cc(C(NN)C2=CCCCCC2)ncn1. The average molecular weight is 248 g/mol. The van der Waals surface area contributed by atoms with E-state index in [0.29, 0.717) is 5.88 Å². The first-order chi connectivity index (χ1) is 8.85. The van der Waals surface area contributed by atoms with E-state index in [1.54, 1.807) is 7.11 Å². The van der Waals surface area contributed by atoms with Crippen molar-refractivity contribution in [1.29, 1.82) is 0 Å². The molecule has 5 heteroatoms. The normalized spacial score (nSPS) is 17.8. The molecule has 1 aromatic rings. The molecule has 18 heavy (non-hydrogen) atoms. The van der Waals surface area contributed by atoms with Crippen LogP contribution in [0.15, 0.2) is 24.0 Å². The molecule has 1 unspecified atom stereocenters. The number of hydrazine groups is 1. The van der Waals surface area contributed by atoms with Crippen LogP contribution in [-0.4, -0.2) is 17.1 Å². The lowest BCUT2D eigenvalue weighted by Gasteiger charge is -2.18. The predicted octanol–water partition coefficient (Wildman–Crippen LogP) is 1.88. The summed E-state index contributed by atoms with van der Waals surface area (Å²) >= 11 is 0. The number of rotatable bonds is 4. The zero-order chi connectivity index (χ0) is 12.8. The maximum absolute atomic E-state index is 5.69. The lowest BCUT2D eigenvalue weighted by Crippen LogP contribution is -2.30. The zero-order valence-electron chi connectivity index (χ0n) is 10.7. The molecule has 1 atom stereocenters. The van der Waals surface area contributed by atoms with E-state index in [1.165, 1.54) is 31.2 Å². The molecule has 1 aliphatic carbocycles. The van der Waals surface area contributed by atoms with Gasteiger partial charge in [0.1, 0.15) is 6.33 Å². The summed E-state index contributed by atoms with van der Waals surface area (Å²) in [5, 5.41) is 0. The lowest BCUT2D eigenvalue weighted by molar-refractivity contribution is 0.394. The lowest BCUT2D eigenvalue weighted by atomic mass is 9.99. The molecule has 0 aromatic carbocycles. The van der Waals surface area contributed by atoms with Crippen molar-refractivity contribution in [2.45, 2.75) is 38.1 Å². The Balaban J connectivity index is 2.23. The van der Waals surface area contributed by atoms with Gasteiger partial charge in [0.2, 0.25) is 5.88 Å². The summed E-state index contributed by atoms with van der Waals surface area (Å²) < 4.78 is 5.12. The van der Waals surface area contributed by atoms with Crippen LogP contribution in [0.5, 0.6) is 5.88 Å². The van der Waals surface area contributed by atoms with Gasteiger partial charge < -0.3 is 4.74 Å². The van der Waals surface area contributed by atoms with Crippen molar-refractivity contribution in [2.75, 3.05) is 7.11 Å². The highest BCUT2D eigenvalue weighted by Crippen LogP contribution is 2.28. The van der Waals surface area contributed by atoms with E-state index in [4.69, 9.17) is 10.6 Å². The molecule has 0 radical (unpaired) electrons. The van der Waals surface area contributed by atoms with Gasteiger partial charge in [-0.1, -0.05) is 18.1 Å². The third-order valence-corrected chi connectivity index (χ3v) is 3.28. The summed E-state index contributed by atoms with van der Waals surface area (Å²) in [7, 11) is 1.60. The van der Waals surface area contributed by atoms with Crippen LogP contribution >= 0.6 is 0 Å². The zero-order valence-corrected chi connectivity index (χ0v) is 10.7. The molecule has 0 saturated carbocycles. The molecule has 0 spiro atoms. The van der Waals surface area contributed by atoms with E-state index in [1.807, 2.05) is 6.07 Å². The van der Waals surface area contributed by atoms with Gasteiger partial charge >= 0.3 is 0 Å². The Morgan fingerprint density at radius 1 is 1.33 bits per heavy atom. The number of nitrogens with one attached hydrogen (secondary N) is 1. The molecule has 0 bridgehead atoms. The van der Waals surface area contributed by atoms with Crippen molar-refractivity contribution in [3.05, 3.63) is 29.7 Å². The van der Waals surface area contributed by atoms with Crippen LogP contribution in [-0.2, 0) is 0 Å². The maximum Gasteiger partial charge on any atom is 0.216 e. The van der Waals surface area contributed by atoms with E-state index in [0.717, 1.165) is 18.5 Å². The Kier molecular flexibility index (Phi) is 4.66. The number of nitrogens with zero attached hydrogens (tertiary/aromatic N) is 2. The van der Waals surface area contributed by atoms with Gasteiger partial charge in [0, 0.05) is 6.07 Å². The third-order valence-electron chi connectivity index (χ3n) is 3.28. The summed E-state index contributed by atoms with van der Waals surface area (Å²) in [5.74, 6) is 6.25. The maximum atomic E-state index is 5.69. The highest BCUT2D eigenvalue weighted by Gasteiger charge is 2.18. The van der Waals surface area contributed by atoms with Gasteiger partial charge in [-0.25, -0.2) is 15.4 Å². The minimum Gasteiger partial charge on any atom is -0.481 e. The molecule has 0 aliphatic heterocycles. The fraction of sp³-hybridized carbons (Fsp3) is 0.538. The van der Waals surface area contributed by atoms with Crippen molar-refractivity contribution in [1.82, 2.24) is 15.4 Å². The molecule has 3 N–H and O–H groups in total. The summed E-state index contributed by atoms with van der Waals surface area (Å²) in [6.45, 7) is 0. The fourth-order valence-electron chi connectivity index (χ4n) is 2.31. The van der Waals surface area contributed by atoms with Crippen molar-refractivity contribution < 1.29 is 4.74 Å². The third kappa shape index (κ3) is 3.05. The molecule has 2 rings (SSSR count). The molecule has 1 aromatic heterocycles. The van der Waals surface area contributed by atoms with E-state index in [2.05, 4.69) is 21.5 Å². The highest BCUT2D eigenvalue weighted by atomic mass is 16.5. The summed E-state index contributed by atoms with van der Waals surface area (Å²) in [5.41, 5.74) is 5.03. The van der Waals surface area contributed by atoms with E-state index < -0.39 is 0 Å². The minimum absolute atomic E-state index is 0.0417. The van der Waals surface area contributed by atoms with Crippen molar-refractivity contribution in [3.63, 3.8) is 0 Å². The number of nitrogens with two attached hydrogens (primary N) is 1. The highest BCUT2D eigenvalue weighted by molar-refractivity contribution is 5.25. The van der Waals surface area contributed by atoms with Crippen molar-refractivity contribution >= 4 is 0 Å². The standard InChI is InChI=1S/C13H20N4O/c1-18-12-8-11(15-9-16-12)13(17-14)10-6-4-2-3-5-7-10/h6,8-9,13,17H,2-5,7,14H2,1H3. The smallest absolute Gasteiger partial charge is 0.216 e. The van der Waals surface area contributed by atoms with Crippen LogP contribution in [0, 0.1) is 0 Å². The van der Waals surface area contributed by atoms with Crippen LogP contribution in [0.4, 0.5) is 0 Å². The van der Waals surface area contributed by atoms with Crippen LogP contribution in [0.3, 0.4) is 0 Å². The number of methoxy groups -OCH3 is 1. The fourth-order valence-corrected chi connectivity index (χ4v) is 2.31. The Hall–Kier alpha value is -1.46. The van der Waals surface area contributed by atoms with E-state index in [-0.39, 0.29) is 6.04 Å². The van der Waals surface area contributed by atoms with Gasteiger partial charge in [-0.3, -0.25) is 5.84 Å². The molecule has 5 nitrogen and oxygen atoms in total. The predicted molar refractivity (Wildman–Crippen MR) is 69.8 cm³/mol. The topological polar surface area (TPSA) is 73.1 Å². The first-order valence-electron chi connectivity index (χ1n) is 6.36. The number of hydrogen-bond acceptors (Lipinski definition) is 5. The molecule has 0 saturated heterocycles. The average Bonchev–Trinajstić information content (AvgIpc) is 2.69. The number of aromatic nitrogens is 2. The van der Waals surface area contributed by atoms with Gasteiger partial charge in [0.05, 0.1) is 18.8 Å². The second-order valence-electron chi connectivity index (χ2n) is 4.46. The molecular formula is C13H20N4O. The van der Waals surface area contributed by atoms with Crippen molar-refractivity contribution in [2.24, 2.45) is 5.84 Å². The number of hydrogen-bond donors (Lipinski definition) is 2. The van der Waals surface area contributed by atoms with Crippen LogP contribution in [0.25, 0.3) is 0 Å². The molecular weight excluding hydrogens is 228 g/mol. The summed E-state index contributed by atoms with van der Waals surface area (Å²) in [6.07, 6.45) is 9.74. The van der Waals surface area contributed by atoms with Gasteiger partial charge in [-0.15, -0.1) is 0 Å². The Morgan fingerprint density at radius 2 is 2.22 bits per heavy atom. The van der Waals surface area contributed by atoms with Crippen LogP contribution < -0.4 is 16.0 Å². The first kappa shape index (κ1) is 13.0. The summed E-state index contributed by atoms with van der Waals surface area (Å²) in [4.78, 5) is 8.31. The molecule has 0 fully saturated rings.